The second kappa shape index (κ2) is 16.2. The van der Waals surface area contributed by atoms with Gasteiger partial charge in [0, 0.05) is 26.2 Å². The molecule has 1 aromatic carbocycles. The van der Waals surface area contributed by atoms with Crippen molar-refractivity contribution in [2.75, 3.05) is 13.6 Å². The summed E-state index contributed by atoms with van der Waals surface area (Å²) in [4.78, 5) is 52.9. The number of nitrogens with one attached hydrogen (secondary N) is 3. The number of carboxylic acids is 1. The maximum Gasteiger partial charge on any atom is 0.344 e. The summed E-state index contributed by atoms with van der Waals surface area (Å²) in [5.41, 5.74) is -0.0528. The van der Waals surface area contributed by atoms with Gasteiger partial charge in [0.05, 0.1) is 6.04 Å². The molecule has 2 aromatic rings. The molecule has 0 saturated heterocycles. The molecule has 12 heteroatoms. The molecule has 0 bridgehead atoms. The second-order valence-electron chi connectivity index (χ2n) is 10.9. The van der Waals surface area contributed by atoms with Gasteiger partial charge in [-0.2, -0.15) is 5.26 Å². The highest BCUT2D eigenvalue weighted by atomic mass is 16.5. The van der Waals surface area contributed by atoms with Crippen LogP contribution in [-0.4, -0.2) is 64.2 Å². The molecule has 0 unspecified atom stereocenters. The lowest BCUT2D eigenvalue weighted by Gasteiger charge is -2.34. The number of likely N-dealkylation sites (N-methyl/N-ethyl adjacent to an activating group) is 1. The Hall–Kier alpha value is -4.50. The Balaban J connectivity index is 2.19. The van der Waals surface area contributed by atoms with Crippen LogP contribution in [0.15, 0.2) is 46.5 Å². The number of carbonyl (C=O) groups excluding carboxylic acids is 3. The van der Waals surface area contributed by atoms with Gasteiger partial charge in [-0.05, 0) is 51.0 Å². The molecule has 0 fully saturated rings. The predicted molar refractivity (Wildman–Crippen MR) is 159 cm³/mol. The van der Waals surface area contributed by atoms with Gasteiger partial charge in [-0.25, -0.2) is 4.79 Å². The summed E-state index contributed by atoms with van der Waals surface area (Å²) in [6.07, 6.45) is 2.68. The van der Waals surface area contributed by atoms with E-state index >= 15 is 0 Å². The molecule has 0 aliphatic heterocycles. The Labute approximate surface area is 252 Å². The minimum atomic E-state index is -1.98. The van der Waals surface area contributed by atoms with E-state index in [4.69, 9.17) is 4.52 Å². The van der Waals surface area contributed by atoms with E-state index in [0.717, 1.165) is 11.1 Å². The van der Waals surface area contributed by atoms with Crippen molar-refractivity contribution in [2.45, 2.75) is 78.6 Å². The first-order valence-corrected chi connectivity index (χ1v) is 14.3. The van der Waals surface area contributed by atoms with Crippen LogP contribution in [0, 0.1) is 31.1 Å². The number of allylic oxidation sites excluding steroid dienone is 1. The van der Waals surface area contributed by atoms with Crippen LogP contribution in [-0.2, 0) is 20.9 Å². The van der Waals surface area contributed by atoms with Crippen molar-refractivity contribution in [2.24, 2.45) is 5.92 Å². The molecule has 0 radical (unpaired) electrons. The molecule has 43 heavy (non-hydrogen) atoms. The van der Waals surface area contributed by atoms with Gasteiger partial charge in [0.1, 0.15) is 17.4 Å². The highest BCUT2D eigenvalue weighted by Gasteiger charge is 2.42. The van der Waals surface area contributed by atoms with E-state index in [0.29, 0.717) is 25.1 Å². The van der Waals surface area contributed by atoms with Crippen molar-refractivity contribution in [3.63, 3.8) is 0 Å². The van der Waals surface area contributed by atoms with Crippen LogP contribution in [0.1, 0.15) is 73.8 Å². The number of carbonyl (C=O) groups is 4. The van der Waals surface area contributed by atoms with Crippen molar-refractivity contribution < 1.29 is 28.8 Å². The zero-order valence-corrected chi connectivity index (χ0v) is 25.7. The highest BCUT2D eigenvalue weighted by Crippen LogP contribution is 2.15. The number of hydrogen-bond acceptors (Lipinski definition) is 8. The summed E-state index contributed by atoms with van der Waals surface area (Å²) >= 11 is 0. The van der Waals surface area contributed by atoms with Gasteiger partial charge >= 0.3 is 5.97 Å². The Morgan fingerprint density at radius 2 is 1.84 bits per heavy atom. The van der Waals surface area contributed by atoms with Gasteiger partial charge in [0.15, 0.2) is 11.4 Å². The van der Waals surface area contributed by atoms with Crippen molar-refractivity contribution in [3.8, 4) is 6.07 Å². The lowest BCUT2D eigenvalue weighted by Crippen LogP contribution is -2.68. The van der Waals surface area contributed by atoms with Crippen LogP contribution in [0.25, 0.3) is 0 Å². The van der Waals surface area contributed by atoms with Crippen LogP contribution in [0.4, 0.5) is 0 Å². The molecule has 0 aliphatic carbocycles. The zero-order chi connectivity index (χ0) is 32.2. The quantitative estimate of drug-likeness (QED) is 0.0983. The summed E-state index contributed by atoms with van der Waals surface area (Å²) in [7, 11) is 1.60. The number of benzene rings is 1. The van der Waals surface area contributed by atoms with Crippen molar-refractivity contribution in [3.05, 3.63) is 64.6 Å². The molecule has 4 N–H and O–H groups in total. The number of nitriles is 1. The summed E-state index contributed by atoms with van der Waals surface area (Å²) in [6.45, 7) is 9.45. The van der Waals surface area contributed by atoms with Crippen LogP contribution in [0.5, 0.6) is 0 Å². The van der Waals surface area contributed by atoms with Gasteiger partial charge in [0.25, 0.3) is 11.8 Å². The summed E-state index contributed by atoms with van der Waals surface area (Å²) in [5, 5.41) is 31.5. The molecule has 0 aliphatic rings. The number of unbranched alkanes of at least 4 members (excludes halogenated alkanes) is 1. The molecular formula is C31H42N6O6. The average molecular weight is 595 g/mol. The van der Waals surface area contributed by atoms with E-state index in [9.17, 15) is 29.5 Å². The van der Waals surface area contributed by atoms with Gasteiger partial charge in [-0.1, -0.05) is 61.8 Å². The molecule has 12 nitrogen and oxygen atoms in total. The summed E-state index contributed by atoms with van der Waals surface area (Å²) in [5.74, 6) is -2.54. The first kappa shape index (κ1) is 34.7. The fourth-order valence-electron chi connectivity index (χ4n) is 4.30. The fourth-order valence-corrected chi connectivity index (χ4v) is 4.30. The second-order valence-corrected chi connectivity index (χ2v) is 10.9. The number of aromatic nitrogens is 1. The van der Waals surface area contributed by atoms with Gasteiger partial charge in [-0.3, -0.25) is 19.7 Å². The first-order chi connectivity index (χ1) is 20.3. The summed E-state index contributed by atoms with van der Waals surface area (Å²) in [6, 6.07) is 9.96. The number of aliphatic carboxylic acids is 1. The van der Waals surface area contributed by atoms with Crippen LogP contribution < -0.4 is 16.0 Å². The zero-order valence-electron chi connectivity index (χ0n) is 25.7. The van der Waals surface area contributed by atoms with E-state index in [1.54, 1.807) is 27.0 Å². The normalized spacial score (nSPS) is 13.5. The largest absolute Gasteiger partial charge is 0.478 e. The van der Waals surface area contributed by atoms with E-state index < -0.39 is 29.5 Å². The van der Waals surface area contributed by atoms with Crippen LogP contribution >= 0.6 is 0 Å². The van der Waals surface area contributed by atoms with Crippen LogP contribution in [0.3, 0.4) is 0 Å². The minimum absolute atomic E-state index is 0.0409. The number of amides is 3. The van der Waals surface area contributed by atoms with Gasteiger partial charge in [-0.15, -0.1) is 0 Å². The number of hydrogen-bond donors (Lipinski definition) is 4. The van der Waals surface area contributed by atoms with Crippen molar-refractivity contribution in [1.82, 2.24) is 26.0 Å². The molecule has 2 atom stereocenters. The van der Waals surface area contributed by atoms with Gasteiger partial charge < -0.3 is 25.2 Å². The third-order valence-electron chi connectivity index (χ3n) is 6.84. The highest BCUT2D eigenvalue weighted by molar-refractivity contribution is 5.97. The van der Waals surface area contributed by atoms with Crippen LogP contribution in [0.2, 0.25) is 0 Å². The van der Waals surface area contributed by atoms with Gasteiger partial charge in [0.2, 0.25) is 5.91 Å². The van der Waals surface area contributed by atoms with E-state index in [1.165, 1.54) is 11.0 Å². The molecule has 0 spiro atoms. The molecule has 1 aromatic heterocycles. The third kappa shape index (κ3) is 10.4. The number of rotatable bonds is 16. The Bertz CT molecular complexity index is 1340. The van der Waals surface area contributed by atoms with E-state index in [-0.39, 0.29) is 42.5 Å². The minimum Gasteiger partial charge on any atom is -0.478 e. The number of aryl methyl sites for hydroxylation is 2. The molecular weight excluding hydrogens is 552 g/mol. The lowest BCUT2D eigenvalue weighted by atomic mass is 10.0. The Morgan fingerprint density at radius 3 is 2.37 bits per heavy atom. The number of nitrogens with zero attached hydrogens (tertiary/aromatic N) is 3. The lowest BCUT2D eigenvalue weighted by molar-refractivity contribution is -0.147. The fraction of sp³-hybridized carbons (Fsp3) is 0.484. The third-order valence-corrected chi connectivity index (χ3v) is 6.84. The van der Waals surface area contributed by atoms with E-state index in [2.05, 4.69) is 21.1 Å². The smallest absolute Gasteiger partial charge is 0.344 e. The Kier molecular flexibility index (Phi) is 13.1. The van der Waals surface area contributed by atoms with Crippen molar-refractivity contribution in [1.29, 1.82) is 5.26 Å². The van der Waals surface area contributed by atoms with Crippen molar-refractivity contribution >= 4 is 23.7 Å². The monoisotopic (exact) mass is 594 g/mol. The molecule has 2 rings (SSSR count). The van der Waals surface area contributed by atoms with E-state index in [1.807, 2.05) is 51.1 Å². The Morgan fingerprint density at radius 1 is 1.16 bits per heavy atom. The summed E-state index contributed by atoms with van der Waals surface area (Å²) < 4.78 is 4.95. The molecule has 232 valence electrons. The topological polar surface area (TPSA) is 178 Å². The predicted octanol–water partition coefficient (Wildman–Crippen LogP) is 3.22. The number of carboxylic acid groups (broad SMARTS) is 1. The maximum atomic E-state index is 13.4. The maximum absolute atomic E-state index is 13.4. The average Bonchev–Trinajstić information content (AvgIpc) is 3.41. The SMILES string of the molecule is CC[C@@](NC(=O)c1cc(C)on1)(N[C@@H](CCCCN(C)C(=O)C(C#N)=CC(C)C)C(=O)NCc1ccc(C)cc1)C(=O)O. The molecule has 0 saturated carbocycles. The molecule has 1 heterocycles. The first-order valence-electron chi connectivity index (χ1n) is 14.3. The standard InChI is InChI=1S/C31H42N6O6/c1-7-31(30(41)42,35-28(39)26-17-22(5)43-36-26)34-25(27(38)33-19-23-13-11-21(4)12-14-23)10-8-9-15-37(6)29(40)24(18-32)16-20(2)3/h11-14,16-17,20,25,34H,7-10,15,19H2,1-6H3,(H,33,38)(H,35,39)(H,41,42)/t25-,31-/m0/s1. The molecule has 3 amide bonds.